The molecule has 1 rings (SSSR count). The van der Waals surface area contributed by atoms with Crippen LogP contribution in [0.3, 0.4) is 0 Å². The molecule has 0 aliphatic heterocycles. The van der Waals surface area contributed by atoms with Gasteiger partial charge >= 0.3 is 0 Å². The fourth-order valence-corrected chi connectivity index (χ4v) is 1.93. The van der Waals surface area contributed by atoms with E-state index in [9.17, 15) is 0 Å². The van der Waals surface area contributed by atoms with E-state index in [4.69, 9.17) is 26.8 Å². The minimum atomic E-state index is -0.405. The third-order valence-electron chi connectivity index (χ3n) is 2.48. The van der Waals surface area contributed by atoms with E-state index in [0.29, 0.717) is 6.42 Å². The van der Waals surface area contributed by atoms with E-state index in [2.05, 4.69) is 0 Å². The van der Waals surface area contributed by atoms with E-state index in [-0.39, 0.29) is 6.04 Å². The second kappa shape index (κ2) is 6.21. The summed E-state index contributed by atoms with van der Waals surface area (Å²) < 4.78 is 10.2. The minimum absolute atomic E-state index is 0.227. The van der Waals surface area contributed by atoms with Crippen molar-refractivity contribution in [3.05, 3.63) is 34.3 Å². The molecule has 0 spiro atoms. The number of ether oxygens (including phenoxy) is 2. The van der Waals surface area contributed by atoms with E-state index in [0.717, 1.165) is 16.1 Å². The molecule has 1 unspecified atom stereocenters. The molecule has 4 heteroatoms. The normalized spacial score (nSPS) is 13.1. The van der Waals surface area contributed by atoms with Gasteiger partial charge in [-0.2, -0.15) is 0 Å². The molecular formula is C12H18ClNO2. The molecule has 16 heavy (non-hydrogen) atoms. The summed E-state index contributed by atoms with van der Waals surface area (Å²) in [5.41, 5.74) is 8.12. The summed E-state index contributed by atoms with van der Waals surface area (Å²) in [6.07, 6.45) is 0.225. The van der Waals surface area contributed by atoms with E-state index in [1.807, 2.05) is 25.1 Å². The Hall–Kier alpha value is -0.610. The monoisotopic (exact) mass is 243 g/mol. The van der Waals surface area contributed by atoms with Crippen LogP contribution < -0.4 is 5.73 Å². The van der Waals surface area contributed by atoms with Gasteiger partial charge in [0, 0.05) is 19.2 Å². The van der Waals surface area contributed by atoms with Gasteiger partial charge < -0.3 is 15.2 Å². The summed E-state index contributed by atoms with van der Waals surface area (Å²) in [7, 11) is 3.15. The fourth-order valence-electron chi connectivity index (χ4n) is 1.61. The molecule has 0 heterocycles. The zero-order valence-corrected chi connectivity index (χ0v) is 10.6. The standard InChI is InChI=1S/C12H18ClNO2/c1-8-4-5-9(10(13)6-8)7-11(14)12(15-2)16-3/h4-6,11-12H,7,14H2,1-3H3. The molecule has 1 aromatic carbocycles. The number of halogens is 1. The Morgan fingerprint density at radius 3 is 2.44 bits per heavy atom. The van der Waals surface area contributed by atoms with Crippen LogP contribution in [0.5, 0.6) is 0 Å². The second-order valence-corrected chi connectivity index (χ2v) is 4.21. The highest BCUT2D eigenvalue weighted by atomic mass is 35.5. The molecule has 0 aromatic heterocycles. The molecule has 90 valence electrons. The molecule has 3 nitrogen and oxygen atoms in total. The molecule has 1 aromatic rings. The second-order valence-electron chi connectivity index (χ2n) is 3.80. The zero-order valence-electron chi connectivity index (χ0n) is 9.87. The fraction of sp³-hybridized carbons (Fsp3) is 0.500. The van der Waals surface area contributed by atoms with Crippen molar-refractivity contribution in [1.82, 2.24) is 0 Å². The van der Waals surface area contributed by atoms with Crippen LogP contribution >= 0.6 is 11.6 Å². The molecule has 0 saturated carbocycles. The molecule has 1 atom stereocenters. The van der Waals surface area contributed by atoms with Gasteiger partial charge in [-0.1, -0.05) is 23.7 Å². The molecule has 0 amide bonds. The average molecular weight is 244 g/mol. The lowest BCUT2D eigenvalue weighted by atomic mass is 10.0. The van der Waals surface area contributed by atoms with Crippen molar-refractivity contribution in [3.8, 4) is 0 Å². The lowest BCUT2D eigenvalue weighted by Gasteiger charge is -2.21. The van der Waals surface area contributed by atoms with Crippen molar-refractivity contribution < 1.29 is 9.47 Å². The maximum Gasteiger partial charge on any atom is 0.172 e. The van der Waals surface area contributed by atoms with Crippen LogP contribution in [0, 0.1) is 6.92 Å². The number of hydrogen-bond donors (Lipinski definition) is 1. The summed E-state index contributed by atoms with van der Waals surface area (Å²) in [4.78, 5) is 0. The van der Waals surface area contributed by atoms with E-state index in [1.54, 1.807) is 14.2 Å². The summed E-state index contributed by atoms with van der Waals surface area (Å²) in [6.45, 7) is 2.00. The SMILES string of the molecule is COC(OC)C(N)Cc1ccc(C)cc1Cl. The van der Waals surface area contributed by atoms with Crippen LogP contribution in [0.25, 0.3) is 0 Å². The topological polar surface area (TPSA) is 44.5 Å². The molecular weight excluding hydrogens is 226 g/mol. The highest BCUT2D eigenvalue weighted by Gasteiger charge is 2.17. The number of rotatable bonds is 5. The van der Waals surface area contributed by atoms with Gasteiger partial charge in [0.05, 0.1) is 6.04 Å². The summed E-state index contributed by atoms with van der Waals surface area (Å²) in [5.74, 6) is 0. The zero-order chi connectivity index (χ0) is 12.1. The lowest BCUT2D eigenvalue weighted by molar-refractivity contribution is -0.115. The third kappa shape index (κ3) is 3.46. The van der Waals surface area contributed by atoms with Gasteiger partial charge in [-0.25, -0.2) is 0 Å². The van der Waals surface area contributed by atoms with Gasteiger partial charge in [-0.05, 0) is 30.5 Å². The van der Waals surface area contributed by atoms with Gasteiger partial charge in [0.2, 0.25) is 0 Å². The predicted octanol–water partition coefficient (Wildman–Crippen LogP) is 2.14. The first-order valence-corrected chi connectivity index (χ1v) is 5.52. The number of methoxy groups -OCH3 is 2. The maximum absolute atomic E-state index is 6.13. The van der Waals surface area contributed by atoms with Crippen molar-refractivity contribution in [2.45, 2.75) is 25.7 Å². The first kappa shape index (κ1) is 13.5. The maximum atomic E-state index is 6.13. The predicted molar refractivity (Wildman–Crippen MR) is 65.7 cm³/mol. The minimum Gasteiger partial charge on any atom is -0.354 e. The third-order valence-corrected chi connectivity index (χ3v) is 2.83. The van der Waals surface area contributed by atoms with Crippen molar-refractivity contribution in [3.63, 3.8) is 0 Å². The van der Waals surface area contributed by atoms with Gasteiger partial charge in [0.15, 0.2) is 6.29 Å². The van der Waals surface area contributed by atoms with E-state index >= 15 is 0 Å². The van der Waals surface area contributed by atoms with Crippen LogP contribution in [0.4, 0.5) is 0 Å². The van der Waals surface area contributed by atoms with Crippen molar-refractivity contribution in [2.75, 3.05) is 14.2 Å². The van der Waals surface area contributed by atoms with Crippen molar-refractivity contribution in [1.29, 1.82) is 0 Å². The van der Waals surface area contributed by atoms with E-state index < -0.39 is 6.29 Å². The first-order chi connectivity index (χ1) is 7.58. The van der Waals surface area contributed by atoms with Gasteiger partial charge in [-0.15, -0.1) is 0 Å². The number of nitrogens with two attached hydrogens (primary N) is 1. The number of aryl methyl sites for hydroxylation is 1. The average Bonchev–Trinajstić information content (AvgIpc) is 2.24. The quantitative estimate of drug-likeness (QED) is 0.806. The molecule has 0 saturated heterocycles. The summed E-state index contributed by atoms with van der Waals surface area (Å²) in [5, 5.41) is 0.737. The van der Waals surface area contributed by atoms with Gasteiger partial charge in [0.25, 0.3) is 0 Å². The molecule has 0 fully saturated rings. The highest BCUT2D eigenvalue weighted by molar-refractivity contribution is 6.31. The molecule has 0 bridgehead atoms. The van der Waals surface area contributed by atoms with Crippen LogP contribution in [-0.4, -0.2) is 26.6 Å². The Morgan fingerprint density at radius 1 is 1.31 bits per heavy atom. The number of hydrogen-bond acceptors (Lipinski definition) is 3. The van der Waals surface area contributed by atoms with Gasteiger partial charge in [0.1, 0.15) is 0 Å². The van der Waals surface area contributed by atoms with Crippen LogP contribution in [0.15, 0.2) is 18.2 Å². The van der Waals surface area contributed by atoms with E-state index in [1.165, 1.54) is 0 Å². The lowest BCUT2D eigenvalue weighted by Crippen LogP contribution is -2.39. The number of benzene rings is 1. The van der Waals surface area contributed by atoms with Crippen LogP contribution in [-0.2, 0) is 15.9 Å². The van der Waals surface area contributed by atoms with Gasteiger partial charge in [-0.3, -0.25) is 0 Å². The van der Waals surface area contributed by atoms with Crippen LogP contribution in [0.1, 0.15) is 11.1 Å². The Labute approximate surface area is 101 Å². The molecule has 0 aliphatic carbocycles. The molecule has 2 N–H and O–H groups in total. The molecule has 0 radical (unpaired) electrons. The smallest absolute Gasteiger partial charge is 0.172 e. The Bertz CT molecular complexity index is 340. The highest BCUT2D eigenvalue weighted by Crippen LogP contribution is 2.19. The van der Waals surface area contributed by atoms with Crippen molar-refractivity contribution >= 4 is 11.6 Å². The summed E-state index contributed by atoms with van der Waals surface area (Å²) >= 11 is 6.13. The largest absolute Gasteiger partial charge is 0.354 e. The van der Waals surface area contributed by atoms with Crippen molar-refractivity contribution in [2.24, 2.45) is 5.73 Å². The Kier molecular flexibility index (Phi) is 5.22. The Morgan fingerprint density at radius 2 is 1.94 bits per heavy atom. The van der Waals surface area contributed by atoms with Crippen LogP contribution in [0.2, 0.25) is 5.02 Å². The Balaban J connectivity index is 2.72. The first-order valence-electron chi connectivity index (χ1n) is 5.14. The molecule has 0 aliphatic rings. The summed E-state index contributed by atoms with van der Waals surface area (Å²) in [6, 6.07) is 5.70.